The highest BCUT2D eigenvalue weighted by Gasteiger charge is 2.23. The Balaban J connectivity index is 1.66. The van der Waals surface area contributed by atoms with Crippen molar-refractivity contribution in [3.05, 3.63) is 53.1 Å². The Labute approximate surface area is 158 Å². The number of nitrogens with zero attached hydrogens (tertiary/aromatic N) is 1. The summed E-state index contributed by atoms with van der Waals surface area (Å²) in [7, 11) is 0. The van der Waals surface area contributed by atoms with E-state index in [0.717, 1.165) is 28.8 Å². The van der Waals surface area contributed by atoms with Crippen LogP contribution in [-0.4, -0.2) is 24.3 Å². The van der Waals surface area contributed by atoms with Gasteiger partial charge in [-0.2, -0.15) is 0 Å². The van der Waals surface area contributed by atoms with Crippen LogP contribution in [0.25, 0.3) is 0 Å². The molecule has 1 fully saturated rings. The molecule has 3 amide bonds. The average molecular weight is 365 g/mol. The van der Waals surface area contributed by atoms with Gasteiger partial charge in [-0.3, -0.25) is 14.4 Å². The molecule has 6 heteroatoms. The van der Waals surface area contributed by atoms with Gasteiger partial charge in [0, 0.05) is 30.0 Å². The van der Waals surface area contributed by atoms with Crippen molar-refractivity contribution < 1.29 is 14.4 Å². The topological polar surface area (TPSA) is 78.5 Å². The van der Waals surface area contributed by atoms with Gasteiger partial charge in [0.25, 0.3) is 0 Å². The van der Waals surface area contributed by atoms with Crippen molar-refractivity contribution in [3.8, 4) is 0 Å². The molecule has 27 heavy (non-hydrogen) atoms. The normalized spacial score (nSPS) is 13.6. The third-order valence-electron chi connectivity index (χ3n) is 4.79. The Morgan fingerprint density at radius 2 is 1.44 bits per heavy atom. The van der Waals surface area contributed by atoms with Crippen LogP contribution in [-0.2, 0) is 14.4 Å². The van der Waals surface area contributed by atoms with Gasteiger partial charge in [-0.1, -0.05) is 6.07 Å². The maximum Gasteiger partial charge on any atom is 0.314 e. The van der Waals surface area contributed by atoms with Crippen LogP contribution >= 0.6 is 0 Å². The zero-order chi connectivity index (χ0) is 19.6. The fraction of sp³-hybridized carbons (Fsp3) is 0.286. The van der Waals surface area contributed by atoms with E-state index in [2.05, 4.69) is 10.6 Å². The molecule has 0 atom stereocenters. The smallest absolute Gasteiger partial charge is 0.314 e. The lowest BCUT2D eigenvalue weighted by Crippen LogP contribution is -2.29. The van der Waals surface area contributed by atoms with Gasteiger partial charge in [0.15, 0.2) is 0 Å². The molecular formula is C21H23N3O3. The monoisotopic (exact) mass is 365 g/mol. The first-order chi connectivity index (χ1) is 12.8. The first-order valence-corrected chi connectivity index (χ1v) is 8.96. The SMILES string of the molecule is Cc1ccc(NC(=O)C(=O)Nc2ccc(N3CCCC3=O)c(C)c2)cc1C. The maximum atomic E-state index is 12.2. The van der Waals surface area contributed by atoms with Crippen molar-refractivity contribution in [1.82, 2.24) is 0 Å². The Kier molecular flexibility index (Phi) is 5.26. The molecular weight excluding hydrogens is 342 g/mol. The lowest BCUT2D eigenvalue weighted by Gasteiger charge is -2.19. The molecule has 2 aromatic rings. The molecule has 0 spiro atoms. The number of aryl methyl sites for hydroxylation is 3. The number of anilines is 3. The van der Waals surface area contributed by atoms with Gasteiger partial charge in [-0.05, 0) is 74.2 Å². The predicted octanol–water partition coefficient (Wildman–Crippen LogP) is 3.32. The van der Waals surface area contributed by atoms with Crippen LogP contribution in [0.15, 0.2) is 36.4 Å². The predicted molar refractivity (Wildman–Crippen MR) is 106 cm³/mol. The van der Waals surface area contributed by atoms with E-state index in [-0.39, 0.29) is 5.91 Å². The minimum absolute atomic E-state index is 0.114. The van der Waals surface area contributed by atoms with E-state index < -0.39 is 11.8 Å². The van der Waals surface area contributed by atoms with E-state index in [1.54, 1.807) is 29.2 Å². The first-order valence-electron chi connectivity index (χ1n) is 8.96. The molecule has 0 unspecified atom stereocenters. The second-order valence-electron chi connectivity index (χ2n) is 6.86. The summed E-state index contributed by atoms with van der Waals surface area (Å²) in [6, 6.07) is 10.8. The fourth-order valence-corrected chi connectivity index (χ4v) is 3.13. The second kappa shape index (κ2) is 7.61. The van der Waals surface area contributed by atoms with Crippen LogP contribution in [0.3, 0.4) is 0 Å². The van der Waals surface area contributed by atoms with E-state index in [4.69, 9.17) is 0 Å². The Bertz CT molecular complexity index is 921. The molecule has 6 nitrogen and oxygen atoms in total. The van der Waals surface area contributed by atoms with Gasteiger partial charge in [-0.25, -0.2) is 0 Å². The fourth-order valence-electron chi connectivity index (χ4n) is 3.13. The molecule has 1 heterocycles. The zero-order valence-electron chi connectivity index (χ0n) is 15.8. The summed E-state index contributed by atoms with van der Waals surface area (Å²) in [6.45, 7) is 6.52. The van der Waals surface area contributed by atoms with Gasteiger partial charge in [0.05, 0.1) is 0 Å². The summed E-state index contributed by atoms with van der Waals surface area (Å²) in [6.07, 6.45) is 1.42. The Hall–Kier alpha value is -3.15. The van der Waals surface area contributed by atoms with Crippen LogP contribution in [0, 0.1) is 20.8 Å². The highest BCUT2D eigenvalue weighted by molar-refractivity contribution is 6.43. The number of rotatable bonds is 3. The maximum absolute atomic E-state index is 12.2. The Morgan fingerprint density at radius 1 is 0.852 bits per heavy atom. The van der Waals surface area contributed by atoms with Gasteiger partial charge in [0.1, 0.15) is 0 Å². The van der Waals surface area contributed by atoms with Crippen molar-refractivity contribution in [2.24, 2.45) is 0 Å². The van der Waals surface area contributed by atoms with Crippen LogP contribution in [0.1, 0.15) is 29.5 Å². The van der Waals surface area contributed by atoms with Crippen LogP contribution in [0.2, 0.25) is 0 Å². The van der Waals surface area contributed by atoms with Gasteiger partial charge in [0.2, 0.25) is 5.91 Å². The molecule has 0 aliphatic carbocycles. The molecule has 0 bridgehead atoms. The lowest BCUT2D eigenvalue weighted by molar-refractivity contribution is -0.132. The zero-order valence-corrected chi connectivity index (χ0v) is 15.8. The van der Waals surface area contributed by atoms with E-state index in [1.807, 2.05) is 32.9 Å². The standard InChI is InChI=1S/C21H23N3O3/c1-13-6-7-16(11-14(13)2)22-20(26)21(27)23-17-8-9-18(15(3)12-17)24-10-4-5-19(24)25/h6-9,11-12H,4-5,10H2,1-3H3,(H,22,26)(H,23,27). The minimum atomic E-state index is -0.738. The molecule has 0 aromatic heterocycles. The molecule has 0 radical (unpaired) electrons. The number of carbonyl (C=O) groups is 3. The number of carbonyl (C=O) groups excluding carboxylic acids is 3. The largest absolute Gasteiger partial charge is 0.318 e. The Morgan fingerprint density at radius 3 is 1.96 bits per heavy atom. The van der Waals surface area contributed by atoms with Crippen molar-refractivity contribution in [1.29, 1.82) is 0 Å². The number of benzene rings is 2. The van der Waals surface area contributed by atoms with E-state index in [1.165, 1.54) is 0 Å². The number of hydrogen-bond acceptors (Lipinski definition) is 3. The van der Waals surface area contributed by atoms with E-state index in [9.17, 15) is 14.4 Å². The summed E-state index contributed by atoms with van der Waals surface area (Å²) in [4.78, 5) is 38.0. The number of nitrogens with one attached hydrogen (secondary N) is 2. The second-order valence-corrected chi connectivity index (χ2v) is 6.86. The van der Waals surface area contributed by atoms with Crippen molar-refractivity contribution >= 4 is 34.8 Å². The van der Waals surface area contributed by atoms with Crippen molar-refractivity contribution in [2.45, 2.75) is 33.6 Å². The molecule has 1 aliphatic rings. The van der Waals surface area contributed by atoms with Crippen molar-refractivity contribution in [2.75, 3.05) is 22.1 Å². The van der Waals surface area contributed by atoms with Crippen LogP contribution in [0.5, 0.6) is 0 Å². The molecule has 2 N–H and O–H groups in total. The molecule has 3 rings (SSSR count). The third kappa shape index (κ3) is 4.16. The quantitative estimate of drug-likeness (QED) is 0.819. The molecule has 1 saturated heterocycles. The molecule has 1 aliphatic heterocycles. The number of hydrogen-bond donors (Lipinski definition) is 2. The third-order valence-corrected chi connectivity index (χ3v) is 4.79. The van der Waals surface area contributed by atoms with Gasteiger partial charge >= 0.3 is 11.8 Å². The van der Waals surface area contributed by atoms with Gasteiger partial charge < -0.3 is 15.5 Å². The van der Waals surface area contributed by atoms with Crippen LogP contribution < -0.4 is 15.5 Å². The van der Waals surface area contributed by atoms with E-state index in [0.29, 0.717) is 24.3 Å². The van der Waals surface area contributed by atoms with Crippen LogP contribution in [0.4, 0.5) is 17.1 Å². The first kappa shape index (κ1) is 18.6. The highest BCUT2D eigenvalue weighted by Crippen LogP contribution is 2.27. The molecule has 2 aromatic carbocycles. The number of amides is 3. The van der Waals surface area contributed by atoms with Crippen molar-refractivity contribution in [3.63, 3.8) is 0 Å². The minimum Gasteiger partial charge on any atom is -0.318 e. The highest BCUT2D eigenvalue weighted by atomic mass is 16.2. The summed E-state index contributed by atoms with van der Waals surface area (Å²) < 4.78 is 0. The lowest BCUT2D eigenvalue weighted by atomic mass is 10.1. The van der Waals surface area contributed by atoms with E-state index >= 15 is 0 Å². The summed E-state index contributed by atoms with van der Waals surface area (Å²) in [5.74, 6) is -1.35. The molecule has 140 valence electrons. The average Bonchev–Trinajstić information content (AvgIpc) is 3.04. The summed E-state index contributed by atoms with van der Waals surface area (Å²) in [5.41, 5.74) is 4.97. The molecule has 0 saturated carbocycles. The summed E-state index contributed by atoms with van der Waals surface area (Å²) in [5, 5.41) is 5.21. The summed E-state index contributed by atoms with van der Waals surface area (Å²) >= 11 is 0. The van der Waals surface area contributed by atoms with Gasteiger partial charge in [-0.15, -0.1) is 0 Å².